The van der Waals surface area contributed by atoms with Crippen molar-refractivity contribution in [1.29, 1.82) is 0 Å². The highest BCUT2D eigenvalue weighted by Gasteiger charge is 2.12. The molecule has 0 aliphatic heterocycles. The van der Waals surface area contributed by atoms with Crippen LogP contribution in [0.1, 0.15) is 20.8 Å². The van der Waals surface area contributed by atoms with Gasteiger partial charge in [-0.25, -0.2) is 10.6 Å². The molecule has 0 aromatic carbocycles. The first-order chi connectivity index (χ1) is 5.74. The number of rotatable bonds is 3. The molecule has 0 bridgehead atoms. The Morgan fingerprint density at radius 3 is 2.23 bits per heavy atom. The molecular formula is C8H17N3O2. The van der Waals surface area contributed by atoms with Gasteiger partial charge in [-0.2, -0.15) is 0 Å². The van der Waals surface area contributed by atoms with E-state index >= 15 is 0 Å². The number of nitrogens with one attached hydrogen (secondary N) is 1. The molecule has 76 valence electrons. The fraction of sp³-hybridized carbons (Fsp3) is 0.625. The van der Waals surface area contributed by atoms with Crippen molar-refractivity contribution in [3.8, 4) is 0 Å². The zero-order chi connectivity index (χ0) is 10.6. The molecule has 5 nitrogen and oxygen atoms in total. The summed E-state index contributed by atoms with van der Waals surface area (Å²) >= 11 is 0. The fourth-order valence-corrected chi connectivity index (χ4v) is 0.599. The molecule has 0 radical (unpaired) electrons. The van der Waals surface area contributed by atoms with Gasteiger partial charge in [0.15, 0.2) is 5.70 Å². The summed E-state index contributed by atoms with van der Waals surface area (Å²) in [6.07, 6.45) is 1.39. The summed E-state index contributed by atoms with van der Waals surface area (Å²) in [4.78, 5) is 10.6. The highest BCUT2D eigenvalue weighted by Crippen LogP contribution is 2.01. The quantitative estimate of drug-likeness (QED) is 0.332. The predicted molar refractivity (Wildman–Crippen MR) is 50.6 cm³/mol. The lowest BCUT2D eigenvalue weighted by Crippen LogP contribution is -2.36. The summed E-state index contributed by atoms with van der Waals surface area (Å²) in [7, 11) is 1.48. The lowest BCUT2D eigenvalue weighted by atomic mass is 10.1. The molecule has 0 heterocycles. The van der Waals surface area contributed by atoms with Crippen molar-refractivity contribution >= 4 is 5.97 Å². The number of nitrogens with two attached hydrogens (primary N) is 1. The van der Waals surface area contributed by atoms with Gasteiger partial charge in [0.2, 0.25) is 0 Å². The second kappa shape index (κ2) is 4.13. The molecule has 0 aromatic rings. The van der Waals surface area contributed by atoms with Gasteiger partial charge in [-0.3, -0.25) is 0 Å². The van der Waals surface area contributed by atoms with E-state index in [0.717, 1.165) is 5.01 Å². The number of aliphatic carboxylic acids is 1. The van der Waals surface area contributed by atoms with Crippen LogP contribution >= 0.6 is 0 Å². The van der Waals surface area contributed by atoms with Crippen LogP contribution in [0.3, 0.4) is 0 Å². The third-order valence-corrected chi connectivity index (χ3v) is 1.24. The summed E-state index contributed by atoms with van der Waals surface area (Å²) in [6.45, 7) is 5.79. The Balaban J connectivity index is 4.48. The van der Waals surface area contributed by atoms with Crippen LogP contribution in [0.2, 0.25) is 0 Å². The zero-order valence-electron chi connectivity index (χ0n) is 8.46. The Bertz CT molecular complexity index is 216. The van der Waals surface area contributed by atoms with E-state index in [1.165, 1.54) is 13.2 Å². The third kappa shape index (κ3) is 5.08. The van der Waals surface area contributed by atoms with Crippen molar-refractivity contribution in [2.24, 2.45) is 5.84 Å². The highest BCUT2D eigenvalue weighted by molar-refractivity contribution is 5.85. The number of likely N-dealkylation sites (N-methyl/N-ethyl adjacent to an activating group) is 1. The Hall–Kier alpha value is -1.23. The van der Waals surface area contributed by atoms with Crippen LogP contribution < -0.4 is 11.2 Å². The van der Waals surface area contributed by atoms with Gasteiger partial charge in [-0.15, -0.1) is 0 Å². The van der Waals surface area contributed by atoms with Crippen LogP contribution in [0.15, 0.2) is 11.9 Å². The smallest absolute Gasteiger partial charge is 0.355 e. The van der Waals surface area contributed by atoms with E-state index in [2.05, 4.69) is 5.32 Å². The predicted octanol–water partition coefficient (Wildman–Crippen LogP) is 0.106. The van der Waals surface area contributed by atoms with Gasteiger partial charge in [0.1, 0.15) is 0 Å². The molecule has 13 heavy (non-hydrogen) atoms. The van der Waals surface area contributed by atoms with Crippen molar-refractivity contribution in [2.45, 2.75) is 26.3 Å². The van der Waals surface area contributed by atoms with Gasteiger partial charge in [0, 0.05) is 18.8 Å². The van der Waals surface area contributed by atoms with Crippen molar-refractivity contribution in [1.82, 2.24) is 10.3 Å². The molecule has 0 saturated heterocycles. The maximum Gasteiger partial charge on any atom is 0.355 e. The van der Waals surface area contributed by atoms with E-state index in [0.29, 0.717) is 0 Å². The average Bonchev–Trinajstić information content (AvgIpc) is 1.82. The van der Waals surface area contributed by atoms with Crippen LogP contribution in [0.4, 0.5) is 0 Å². The van der Waals surface area contributed by atoms with Gasteiger partial charge in [-0.1, -0.05) is 0 Å². The molecule has 0 unspecified atom stereocenters. The first-order valence-electron chi connectivity index (χ1n) is 3.93. The summed E-state index contributed by atoms with van der Waals surface area (Å²) in [6, 6.07) is 0. The largest absolute Gasteiger partial charge is 0.476 e. The summed E-state index contributed by atoms with van der Waals surface area (Å²) in [5, 5.41) is 12.7. The second-order valence-electron chi connectivity index (χ2n) is 3.84. The summed E-state index contributed by atoms with van der Waals surface area (Å²) in [5.74, 6) is 4.26. The van der Waals surface area contributed by atoms with Gasteiger partial charge >= 0.3 is 5.97 Å². The standard InChI is InChI=1S/C8H17N3O2/c1-8(2,3)10-5-6(7(12)13)11(4)9/h5,10H,9H2,1-4H3,(H,12,13)/b6-5-. The molecule has 0 atom stereocenters. The van der Waals surface area contributed by atoms with Crippen molar-refractivity contribution in [2.75, 3.05) is 7.05 Å². The number of hydrogen-bond acceptors (Lipinski definition) is 4. The van der Waals surface area contributed by atoms with E-state index in [1.54, 1.807) is 0 Å². The van der Waals surface area contributed by atoms with Crippen LogP contribution in [0, 0.1) is 0 Å². The number of carbonyl (C=O) groups is 1. The molecule has 0 aromatic heterocycles. The van der Waals surface area contributed by atoms with Gasteiger partial charge in [0.05, 0.1) is 0 Å². The summed E-state index contributed by atoms with van der Waals surface area (Å²) < 4.78 is 0. The minimum absolute atomic E-state index is 0.0231. The number of hydrazine groups is 1. The molecule has 0 fully saturated rings. The zero-order valence-corrected chi connectivity index (χ0v) is 8.46. The first kappa shape index (κ1) is 11.8. The van der Waals surface area contributed by atoms with Crippen LogP contribution in [-0.4, -0.2) is 28.7 Å². The Morgan fingerprint density at radius 2 is 2.00 bits per heavy atom. The van der Waals surface area contributed by atoms with Crippen molar-refractivity contribution < 1.29 is 9.90 Å². The Morgan fingerprint density at radius 1 is 1.54 bits per heavy atom. The molecule has 4 N–H and O–H groups in total. The molecule has 5 heteroatoms. The van der Waals surface area contributed by atoms with Gasteiger partial charge in [-0.05, 0) is 20.8 Å². The normalized spacial score (nSPS) is 12.5. The number of nitrogens with zero attached hydrogens (tertiary/aromatic N) is 1. The minimum Gasteiger partial charge on any atom is -0.476 e. The number of carboxylic acids is 1. The fourth-order valence-electron chi connectivity index (χ4n) is 0.599. The van der Waals surface area contributed by atoms with E-state index in [-0.39, 0.29) is 11.2 Å². The maximum atomic E-state index is 10.6. The molecule has 0 rings (SSSR count). The van der Waals surface area contributed by atoms with Crippen LogP contribution in [0.25, 0.3) is 0 Å². The third-order valence-electron chi connectivity index (χ3n) is 1.24. The molecule has 0 aliphatic rings. The first-order valence-corrected chi connectivity index (χ1v) is 3.93. The van der Waals surface area contributed by atoms with Crippen LogP contribution in [0.5, 0.6) is 0 Å². The van der Waals surface area contributed by atoms with E-state index in [1.807, 2.05) is 20.8 Å². The monoisotopic (exact) mass is 187 g/mol. The van der Waals surface area contributed by atoms with Crippen molar-refractivity contribution in [3.63, 3.8) is 0 Å². The average molecular weight is 187 g/mol. The van der Waals surface area contributed by atoms with E-state index in [4.69, 9.17) is 10.9 Å². The molecule has 0 aliphatic carbocycles. The highest BCUT2D eigenvalue weighted by atomic mass is 16.4. The van der Waals surface area contributed by atoms with Gasteiger partial charge < -0.3 is 15.4 Å². The van der Waals surface area contributed by atoms with Crippen molar-refractivity contribution in [3.05, 3.63) is 11.9 Å². The SMILES string of the molecule is CN(N)/C(=C\NC(C)(C)C)C(=O)O. The Kier molecular flexibility index (Phi) is 3.74. The lowest BCUT2D eigenvalue weighted by molar-refractivity contribution is -0.134. The Labute approximate surface area is 78.2 Å². The maximum absolute atomic E-state index is 10.6. The van der Waals surface area contributed by atoms with E-state index < -0.39 is 5.97 Å². The number of hydrogen-bond donors (Lipinski definition) is 3. The molecule has 0 saturated carbocycles. The number of carboxylic acid groups (broad SMARTS) is 1. The van der Waals surface area contributed by atoms with Crippen LogP contribution in [-0.2, 0) is 4.79 Å². The van der Waals surface area contributed by atoms with E-state index in [9.17, 15) is 4.79 Å². The molecule has 0 amide bonds. The lowest BCUT2D eigenvalue weighted by Gasteiger charge is -2.21. The molecular weight excluding hydrogens is 170 g/mol. The minimum atomic E-state index is -1.05. The summed E-state index contributed by atoms with van der Waals surface area (Å²) in [5.41, 5.74) is -0.147. The topological polar surface area (TPSA) is 78.6 Å². The van der Waals surface area contributed by atoms with Gasteiger partial charge in [0.25, 0.3) is 0 Å². The molecule has 0 spiro atoms. The second-order valence-corrected chi connectivity index (χ2v) is 3.84.